The first kappa shape index (κ1) is 14.4. The highest BCUT2D eigenvalue weighted by atomic mass is 79.9. The van der Waals surface area contributed by atoms with Crippen molar-refractivity contribution in [2.75, 3.05) is 11.9 Å². The van der Waals surface area contributed by atoms with E-state index in [0.717, 1.165) is 45.8 Å². The van der Waals surface area contributed by atoms with Gasteiger partial charge in [0.1, 0.15) is 16.7 Å². The molecular weight excluding hydrogens is 352 g/mol. The van der Waals surface area contributed by atoms with E-state index in [4.69, 9.17) is 0 Å². The number of halogens is 1. The Morgan fingerprint density at radius 3 is 2.95 bits per heavy atom. The smallest absolute Gasteiger partial charge is 0.164 e. The number of rotatable bonds is 5. The first-order chi connectivity index (χ1) is 10.2. The molecule has 0 radical (unpaired) electrons. The van der Waals surface area contributed by atoms with Crippen LogP contribution in [0.1, 0.15) is 16.8 Å². The second-order valence-corrected chi connectivity index (χ2v) is 6.54. The van der Waals surface area contributed by atoms with Crippen molar-refractivity contribution in [1.82, 2.24) is 24.7 Å². The van der Waals surface area contributed by atoms with Gasteiger partial charge in [0, 0.05) is 31.1 Å². The van der Waals surface area contributed by atoms with Crippen LogP contribution < -0.4 is 5.32 Å². The van der Waals surface area contributed by atoms with Crippen molar-refractivity contribution in [2.45, 2.75) is 19.8 Å². The van der Waals surface area contributed by atoms with Crippen molar-refractivity contribution in [3.8, 4) is 0 Å². The summed E-state index contributed by atoms with van der Waals surface area (Å²) in [4.78, 5) is 14.3. The van der Waals surface area contributed by atoms with Crippen LogP contribution in [0, 0.1) is 0 Å². The number of thiazole rings is 1. The lowest BCUT2D eigenvalue weighted by Crippen LogP contribution is -2.07. The van der Waals surface area contributed by atoms with Crippen molar-refractivity contribution < 1.29 is 0 Å². The normalized spacial score (nSPS) is 11.2. The molecule has 0 saturated carbocycles. The van der Waals surface area contributed by atoms with Gasteiger partial charge in [-0.1, -0.05) is 6.92 Å². The Labute approximate surface area is 134 Å². The van der Waals surface area contributed by atoms with E-state index in [0.29, 0.717) is 0 Å². The largest absolute Gasteiger partial charge is 0.369 e. The summed E-state index contributed by atoms with van der Waals surface area (Å²) in [5.74, 6) is 0.798. The summed E-state index contributed by atoms with van der Waals surface area (Å²) in [6.45, 7) is 2.93. The Morgan fingerprint density at radius 2 is 2.19 bits per heavy atom. The molecule has 0 aliphatic heterocycles. The molecule has 110 valence electrons. The summed E-state index contributed by atoms with van der Waals surface area (Å²) in [6.07, 6.45) is 5.44. The minimum atomic E-state index is 0.755. The van der Waals surface area contributed by atoms with Crippen molar-refractivity contribution in [1.29, 1.82) is 0 Å². The summed E-state index contributed by atoms with van der Waals surface area (Å²) in [7, 11) is 1.87. The zero-order valence-corrected chi connectivity index (χ0v) is 14.2. The van der Waals surface area contributed by atoms with Crippen LogP contribution in [0.15, 0.2) is 17.1 Å². The van der Waals surface area contributed by atoms with Gasteiger partial charge in [0.25, 0.3) is 0 Å². The molecule has 0 aromatic carbocycles. The van der Waals surface area contributed by atoms with Gasteiger partial charge in [-0.25, -0.2) is 19.6 Å². The average molecular weight is 367 g/mol. The molecule has 0 spiro atoms. The summed E-state index contributed by atoms with van der Waals surface area (Å²) in [6, 6.07) is 0. The third-order valence-electron chi connectivity index (χ3n) is 3.16. The number of anilines is 1. The maximum Gasteiger partial charge on any atom is 0.164 e. The second kappa shape index (κ2) is 6.07. The number of aromatic nitrogens is 5. The molecule has 3 aromatic heterocycles. The summed E-state index contributed by atoms with van der Waals surface area (Å²) >= 11 is 5.23. The quantitative estimate of drug-likeness (QED) is 0.751. The van der Waals surface area contributed by atoms with E-state index in [1.54, 1.807) is 22.3 Å². The standard InChI is InChI=1S/C13H15BrN6S/c1-3-8-6-16-9(21-8)4-5-15-12-10-11(14)19-20(2)13(10)18-7-17-12/h6-7H,3-5H2,1-2H3,(H,15,17,18). The highest BCUT2D eigenvalue weighted by Gasteiger charge is 2.13. The van der Waals surface area contributed by atoms with Gasteiger partial charge in [-0.15, -0.1) is 11.3 Å². The van der Waals surface area contributed by atoms with Crippen LogP contribution >= 0.6 is 27.3 Å². The fourth-order valence-corrected chi connectivity index (χ4v) is 3.55. The molecule has 0 unspecified atom stereocenters. The molecule has 0 amide bonds. The van der Waals surface area contributed by atoms with Gasteiger partial charge in [0.15, 0.2) is 5.65 Å². The predicted octanol–water partition coefficient (Wildman–Crippen LogP) is 2.80. The van der Waals surface area contributed by atoms with Gasteiger partial charge in [0.05, 0.1) is 10.4 Å². The number of hydrogen-bond acceptors (Lipinski definition) is 6. The number of nitrogens with one attached hydrogen (secondary N) is 1. The molecule has 3 aromatic rings. The topological polar surface area (TPSA) is 68.5 Å². The lowest BCUT2D eigenvalue weighted by Gasteiger charge is -2.05. The first-order valence-corrected chi connectivity index (χ1v) is 8.30. The Kier molecular flexibility index (Phi) is 4.16. The molecule has 21 heavy (non-hydrogen) atoms. The zero-order chi connectivity index (χ0) is 14.8. The third kappa shape index (κ3) is 2.91. The molecule has 0 fully saturated rings. The summed E-state index contributed by atoms with van der Waals surface area (Å²) in [5, 5.41) is 9.72. The summed E-state index contributed by atoms with van der Waals surface area (Å²) < 4.78 is 2.49. The van der Waals surface area contributed by atoms with Crippen molar-refractivity contribution in [2.24, 2.45) is 7.05 Å². The van der Waals surface area contributed by atoms with Crippen LogP contribution in [0.3, 0.4) is 0 Å². The van der Waals surface area contributed by atoms with Crippen LogP contribution in [-0.2, 0) is 19.9 Å². The van der Waals surface area contributed by atoms with Gasteiger partial charge in [-0.2, -0.15) is 5.10 Å². The van der Waals surface area contributed by atoms with E-state index in [2.05, 4.69) is 48.2 Å². The monoisotopic (exact) mass is 366 g/mol. The van der Waals surface area contributed by atoms with Crippen LogP contribution in [0.4, 0.5) is 5.82 Å². The van der Waals surface area contributed by atoms with Gasteiger partial charge < -0.3 is 5.32 Å². The molecule has 0 atom stereocenters. The second-order valence-electron chi connectivity index (χ2n) is 4.59. The fourth-order valence-electron chi connectivity index (χ4n) is 2.09. The number of aryl methyl sites for hydroxylation is 2. The van der Waals surface area contributed by atoms with E-state index in [9.17, 15) is 0 Å². The Balaban J connectivity index is 1.73. The maximum atomic E-state index is 4.42. The molecule has 8 heteroatoms. The van der Waals surface area contributed by atoms with Gasteiger partial charge in [0.2, 0.25) is 0 Å². The van der Waals surface area contributed by atoms with E-state index in [-0.39, 0.29) is 0 Å². The molecular formula is C13H15BrN6S. The van der Waals surface area contributed by atoms with Crippen molar-refractivity contribution >= 4 is 44.1 Å². The van der Waals surface area contributed by atoms with Gasteiger partial charge in [-0.05, 0) is 22.4 Å². The molecule has 1 N–H and O–H groups in total. The molecule has 0 aliphatic rings. The SMILES string of the molecule is CCc1cnc(CCNc2ncnc3c2c(Br)nn3C)s1. The van der Waals surface area contributed by atoms with Crippen LogP contribution in [-0.4, -0.2) is 31.3 Å². The van der Waals surface area contributed by atoms with Crippen LogP contribution in [0.25, 0.3) is 11.0 Å². The fraction of sp³-hybridized carbons (Fsp3) is 0.385. The Bertz CT molecular complexity index is 765. The lowest BCUT2D eigenvalue weighted by atomic mass is 10.3. The molecule has 3 rings (SSSR count). The van der Waals surface area contributed by atoms with Crippen LogP contribution in [0.2, 0.25) is 0 Å². The highest BCUT2D eigenvalue weighted by molar-refractivity contribution is 9.10. The van der Waals surface area contributed by atoms with Gasteiger partial charge in [-0.3, -0.25) is 0 Å². The lowest BCUT2D eigenvalue weighted by molar-refractivity contribution is 0.777. The van der Waals surface area contributed by atoms with Gasteiger partial charge >= 0.3 is 0 Å². The van der Waals surface area contributed by atoms with Crippen LogP contribution in [0.5, 0.6) is 0 Å². The average Bonchev–Trinajstić information content (AvgIpc) is 3.05. The first-order valence-electron chi connectivity index (χ1n) is 6.69. The number of nitrogens with zero attached hydrogens (tertiary/aromatic N) is 5. The molecule has 0 aliphatic carbocycles. The minimum Gasteiger partial charge on any atom is -0.369 e. The van der Waals surface area contributed by atoms with Crippen molar-refractivity contribution in [3.05, 3.63) is 27.0 Å². The number of fused-ring (bicyclic) bond motifs is 1. The summed E-state index contributed by atoms with van der Waals surface area (Å²) in [5.41, 5.74) is 0.807. The molecule has 3 heterocycles. The minimum absolute atomic E-state index is 0.755. The van der Waals surface area contributed by atoms with E-state index in [1.165, 1.54) is 4.88 Å². The zero-order valence-electron chi connectivity index (χ0n) is 11.8. The third-order valence-corrected chi connectivity index (χ3v) is 4.92. The Hall–Kier alpha value is -1.54. The Morgan fingerprint density at radius 1 is 1.33 bits per heavy atom. The van der Waals surface area contributed by atoms with E-state index in [1.807, 2.05) is 13.2 Å². The van der Waals surface area contributed by atoms with E-state index < -0.39 is 0 Å². The van der Waals surface area contributed by atoms with E-state index >= 15 is 0 Å². The van der Waals surface area contributed by atoms with Crippen molar-refractivity contribution in [3.63, 3.8) is 0 Å². The highest BCUT2D eigenvalue weighted by Crippen LogP contribution is 2.26. The molecule has 0 bridgehead atoms. The predicted molar refractivity (Wildman–Crippen MR) is 87.7 cm³/mol. The molecule has 0 saturated heterocycles. The number of hydrogen-bond donors (Lipinski definition) is 1. The molecule has 6 nitrogen and oxygen atoms in total. The maximum absolute atomic E-state index is 4.42.